The molecule has 2 aromatic carbocycles. The first-order valence-electron chi connectivity index (χ1n) is 6.24. The zero-order chi connectivity index (χ0) is 13.4. The molecule has 0 unspecified atom stereocenters. The van der Waals surface area contributed by atoms with Gasteiger partial charge in [-0.15, -0.1) is 0 Å². The molecular weight excluding hydrogens is 260 g/mol. The van der Waals surface area contributed by atoms with Crippen molar-refractivity contribution in [1.82, 2.24) is 0 Å². The van der Waals surface area contributed by atoms with Gasteiger partial charge in [-0.25, -0.2) is 0 Å². The molecule has 0 aliphatic carbocycles. The van der Waals surface area contributed by atoms with Crippen LogP contribution in [0.1, 0.15) is 28.4 Å². The highest BCUT2D eigenvalue weighted by atomic mass is 35.5. The fraction of sp³-hybridized carbons (Fsp3) is 0.188. The molecule has 0 N–H and O–H groups in total. The van der Waals surface area contributed by atoms with E-state index in [1.165, 1.54) is 0 Å². The van der Waals surface area contributed by atoms with Crippen molar-refractivity contribution in [2.45, 2.75) is 19.4 Å². The topological polar surface area (TPSA) is 26.3 Å². The molecule has 0 amide bonds. The van der Waals surface area contributed by atoms with Gasteiger partial charge in [0.25, 0.3) is 0 Å². The molecule has 1 aliphatic heterocycles. The van der Waals surface area contributed by atoms with E-state index in [-0.39, 0.29) is 11.9 Å². The van der Waals surface area contributed by atoms with E-state index >= 15 is 0 Å². The van der Waals surface area contributed by atoms with Crippen LogP contribution in [0.4, 0.5) is 0 Å². The van der Waals surface area contributed by atoms with Crippen molar-refractivity contribution in [2.75, 3.05) is 0 Å². The van der Waals surface area contributed by atoms with Crippen LogP contribution < -0.4 is 4.74 Å². The lowest BCUT2D eigenvalue weighted by Gasteiger charge is -2.05. The van der Waals surface area contributed by atoms with Crippen molar-refractivity contribution in [3.8, 4) is 5.75 Å². The van der Waals surface area contributed by atoms with Crippen molar-refractivity contribution in [3.63, 3.8) is 0 Å². The number of hydrogen-bond acceptors (Lipinski definition) is 2. The summed E-state index contributed by atoms with van der Waals surface area (Å²) in [6.07, 6.45) is 1.03. The monoisotopic (exact) mass is 272 g/mol. The summed E-state index contributed by atoms with van der Waals surface area (Å²) < 4.78 is 5.63. The summed E-state index contributed by atoms with van der Waals surface area (Å²) >= 11 is 6.06. The van der Waals surface area contributed by atoms with E-state index in [1.54, 1.807) is 18.2 Å². The van der Waals surface area contributed by atoms with Crippen LogP contribution in [-0.4, -0.2) is 11.9 Å². The smallest absolute Gasteiger partial charge is 0.194 e. The van der Waals surface area contributed by atoms with Gasteiger partial charge >= 0.3 is 0 Å². The zero-order valence-corrected chi connectivity index (χ0v) is 11.3. The number of ketones is 1. The summed E-state index contributed by atoms with van der Waals surface area (Å²) in [4.78, 5) is 12.4. The van der Waals surface area contributed by atoms with Crippen LogP contribution in [0.15, 0.2) is 42.5 Å². The highest BCUT2D eigenvalue weighted by molar-refractivity contribution is 6.35. The lowest BCUT2D eigenvalue weighted by molar-refractivity contribution is 0.103. The van der Waals surface area contributed by atoms with Crippen LogP contribution in [0.3, 0.4) is 0 Å². The molecule has 2 nitrogen and oxygen atoms in total. The highest BCUT2D eigenvalue weighted by Gasteiger charge is 2.21. The van der Waals surface area contributed by atoms with Gasteiger partial charge in [-0.2, -0.15) is 0 Å². The Labute approximate surface area is 117 Å². The maximum absolute atomic E-state index is 12.4. The minimum Gasteiger partial charge on any atom is -0.490 e. The van der Waals surface area contributed by atoms with Gasteiger partial charge in [0.05, 0.1) is 5.02 Å². The maximum Gasteiger partial charge on any atom is 0.194 e. The van der Waals surface area contributed by atoms with Crippen LogP contribution in [-0.2, 0) is 6.42 Å². The van der Waals surface area contributed by atoms with Crippen LogP contribution in [0.2, 0.25) is 5.02 Å². The largest absolute Gasteiger partial charge is 0.490 e. The summed E-state index contributed by atoms with van der Waals surface area (Å²) in [6.45, 7) is 2.02. The van der Waals surface area contributed by atoms with Crippen LogP contribution in [0.5, 0.6) is 5.75 Å². The third-order valence-electron chi connectivity index (χ3n) is 3.28. The minimum atomic E-state index is -0.0482. The normalized spacial score (nSPS) is 16.8. The summed E-state index contributed by atoms with van der Waals surface area (Å²) in [5.41, 5.74) is 2.28. The summed E-state index contributed by atoms with van der Waals surface area (Å²) in [5, 5.41) is 0.484. The number of rotatable bonds is 2. The van der Waals surface area contributed by atoms with Crippen LogP contribution in [0.25, 0.3) is 0 Å². The lowest BCUT2D eigenvalue weighted by atomic mass is 10.00. The van der Waals surface area contributed by atoms with Gasteiger partial charge in [0.1, 0.15) is 11.9 Å². The van der Waals surface area contributed by atoms with E-state index in [0.717, 1.165) is 17.7 Å². The molecule has 0 bridgehead atoms. The Morgan fingerprint density at radius 3 is 2.84 bits per heavy atom. The van der Waals surface area contributed by atoms with Crippen molar-refractivity contribution in [2.24, 2.45) is 0 Å². The summed E-state index contributed by atoms with van der Waals surface area (Å²) in [6, 6.07) is 12.7. The average Bonchev–Trinajstić information content (AvgIpc) is 2.77. The number of fused-ring (bicyclic) bond motifs is 1. The Morgan fingerprint density at radius 1 is 1.26 bits per heavy atom. The first-order valence-corrected chi connectivity index (χ1v) is 6.62. The minimum absolute atomic E-state index is 0.0482. The van der Waals surface area contributed by atoms with Crippen molar-refractivity contribution >= 4 is 17.4 Å². The molecule has 0 saturated heterocycles. The molecule has 3 heteroatoms. The Bertz CT molecular complexity index is 649. The summed E-state index contributed by atoms with van der Waals surface area (Å²) in [5.74, 6) is 0.830. The van der Waals surface area contributed by atoms with Crippen molar-refractivity contribution < 1.29 is 9.53 Å². The number of ether oxygens (including phenoxy) is 1. The summed E-state index contributed by atoms with van der Waals surface area (Å²) in [7, 11) is 0. The second-order valence-corrected chi connectivity index (χ2v) is 5.17. The predicted octanol–water partition coefficient (Wildman–Crippen LogP) is 3.89. The van der Waals surface area contributed by atoms with Crippen LogP contribution >= 0.6 is 11.6 Å². The van der Waals surface area contributed by atoms with Gasteiger partial charge in [0.15, 0.2) is 5.78 Å². The van der Waals surface area contributed by atoms with Gasteiger partial charge in [-0.1, -0.05) is 23.7 Å². The Hall–Kier alpha value is -1.80. The second kappa shape index (κ2) is 4.71. The number of halogens is 1. The molecule has 2 aromatic rings. The van der Waals surface area contributed by atoms with E-state index in [4.69, 9.17) is 16.3 Å². The van der Waals surface area contributed by atoms with Gasteiger partial charge in [0, 0.05) is 17.5 Å². The van der Waals surface area contributed by atoms with Gasteiger partial charge in [0.2, 0.25) is 0 Å². The Balaban J connectivity index is 1.98. The Morgan fingerprint density at radius 2 is 2.05 bits per heavy atom. The van der Waals surface area contributed by atoms with E-state index in [9.17, 15) is 4.79 Å². The highest BCUT2D eigenvalue weighted by Crippen LogP contribution is 2.30. The lowest BCUT2D eigenvalue weighted by Crippen LogP contribution is -2.05. The number of carbonyl (C=O) groups excluding carboxylic acids is 1. The molecular formula is C16H13ClO2. The number of hydrogen-bond donors (Lipinski definition) is 0. The van der Waals surface area contributed by atoms with Gasteiger partial charge in [-0.05, 0) is 42.8 Å². The molecule has 1 aliphatic rings. The molecule has 0 saturated carbocycles. The van der Waals surface area contributed by atoms with Crippen LogP contribution in [0, 0.1) is 0 Å². The number of benzene rings is 2. The molecule has 0 spiro atoms. The third kappa shape index (κ3) is 2.24. The molecule has 0 fully saturated rings. The van der Waals surface area contributed by atoms with Gasteiger partial charge in [-0.3, -0.25) is 4.79 Å². The predicted molar refractivity (Wildman–Crippen MR) is 75.1 cm³/mol. The average molecular weight is 273 g/mol. The molecule has 96 valence electrons. The Kier molecular flexibility index (Phi) is 3.03. The SMILES string of the molecule is C[C@H]1Cc2cc(C(=O)c3ccccc3Cl)ccc2O1. The third-order valence-corrected chi connectivity index (χ3v) is 3.61. The molecule has 3 rings (SSSR count). The van der Waals surface area contributed by atoms with Crippen molar-refractivity contribution in [1.29, 1.82) is 0 Å². The molecule has 0 aromatic heterocycles. The van der Waals surface area contributed by atoms with E-state index in [1.807, 2.05) is 31.2 Å². The quantitative estimate of drug-likeness (QED) is 0.775. The number of carbonyl (C=O) groups is 1. The fourth-order valence-corrected chi connectivity index (χ4v) is 2.59. The molecule has 1 atom stereocenters. The molecule has 0 radical (unpaired) electrons. The van der Waals surface area contributed by atoms with E-state index in [2.05, 4.69) is 0 Å². The zero-order valence-electron chi connectivity index (χ0n) is 10.5. The standard InChI is InChI=1S/C16H13ClO2/c1-10-8-12-9-11(6-7-15(12)19-10)16(18)13-4-2-3-5-14(13)17/h2-7,9-10H,8H2,1H3/t10-/m0/s1. The van der Waals surface area contributed by atoms with E-state index < -0.39 is 0 Å². The first-order chi connectivity index (χ1) is 9.15. The van der Waals surface area contributed by atoms with E-state index in [0.29, 0.717) is 16.1 Å². The second-order valence-electron chi connectivity index (χ2n) is 4.76. The molecule has 1 heterocycles. The maximum atomic E-state index is 12.4. The van der Waals surface area contributed by atoms with Crippen molar-refractivity contribution in [3.05, 3.63) is 64.2 Å². The molecule has 19 heavy (non-hydrogen) atoms. The van der Waals surface area contributed by atoms with Gasteiger partial charge < -0.3 is 4.74 Å². The first kappa shape index (κ1) is 12.2. The fourth-order valence-electron chi connectivity index (χ4n) is 2.36.